The first-order valence-corrected chi connectivity index (χ1v) is 8.23. The molecule has 0 radical (unpaired) electrons. The summed E-state index contributed by atoms with van der Waals surface area (Å²) in [7, 11) is -1.92. The lowest BCUT2D eigenvalue weighted by molar-refractivity contribution is 0.278. The van der Waals surface area contributed by atoms with Crippen LogP contribution in [0.25, 0.3) is 0 Å². The molecule has 0 spiro atoms. The molecule has 1 aromatic rings. The monoisotopic (exact) mass is 326 g/mol. The number of hydrogen-bond acceptors (Lipinski definition) is 5. The maximum Gasteiger partial charge on any atom is 0.256 e. The number of ether oxygens (including phenoxy) is 1. The molecule has 2 heterocycles. The summed E-state index contributed by atoms with van der Waals surface area (Å²) in [6.07, 6.45) is 1.67. The van der Waals surface area contributed by atoms with Gasteiger partial charge in [0.25, 0.3) is 10.0 Å². The van der Waals surface area contributed by atoms with E-state index in [1.165, 1.54) is 22.8 Å². The van der Waals surface area contributed by atoms with Gasteiger partial charge in [0.05, 0.1) is 7.11 Å². The fourth-order valence-corrected chi connectivity index (χ4v) is 5.01. The van der Waals surface area contributed by atoms with Crippen molar-refractivity contribution in [1.82, 2.24) is 4.31 Å². The summed E-state index contributed by atoms with van der Waals surface area (Å²) in [5.74, 6) is 0.877. The van der Waals surface area contributed by atoms with E-state index in [0.29, 0.717) is 35.5 Å². The normalized spacial score (nSPS) is 18.0. The predicted molar refractivity (Wildman–Crippen MR) is 78.7 cm³/mol. The van der Waals surface area contributed by atoms with Crippen LogP contribution in [0.3, 0.4) is 0 Å². The molecule has 5 nitrogen and oxygen atoms in total. The van der Waals surface area contributed by atoms with Crippen LogP contribution in [0.2, 0.25) is 0 Å². The highest BCUT2D eigenvalue weighted by Crippen LogP contribution is 2.33. The van der Waals surface area contributed by atoms with Crippen LogP contribution in [-0.4, -0.2) is 39.5 Å². The summed E-state index contributed by atoms with van der Waals surface area (Å²) in [6, 6.07) is 1.68. The number of nitrogens with zero attached hydrogens (tertiary/aromatic N) is 1. The molecule has 2 rings (SSSR count). The molecule has 2 N–H and O–H groups in total. The van der Waals surface area contributed by atoms with E-state index in [0.717, 1.165) is 12.8 Å². The number of piperidine rings is 1. The summed E-state index contributed by atoms with van der Waals surface area (Å²) in [6.45, 7) is 1.73. The lowest BCUT2D eigenvalue weighted by Crippen LogP contribution is -2.39. The zero-order chi connectivity index (χ0) is 13.2. The Labute approximate surface area is 124 Å². The molecule has 1 fully saturated rings. The van der Waals surface area contributed by atoms with Gasteiger partial charge in [-0.15, -0.1) is 23.7 Å². The molecule has 1 aliphatic rings. The number of thiophene rings is 1. The number of nitrogens with two attached hydrogens (primary N) is 1. The fraction of sp³-hybridized carbons (Fsp3) is 0.636. The lowest BCUT2D eigenvalue weighted by Gasteiger charge is -2.30. The molecular weight excluding hydrogens is 308 g/mol. The van der Waals surface area contributed by atoms with E-state index in [9.17, 15) is 8.42 Å². The average molecular weight is 327 g/mol. The second-order valence-corrected chi connectivity index (χ2v) is 7.41. The zero-order valence-electron chi connectivity index (χ0n) is 10.7. The molecule has 19 heavy (non-hydrogen) atoms. The van der Waals surface area contributed by atoms with Crippen LogP contribution < -0.4 is 10.5 Å². The molecule has 0 aromatic carbocycles. The minimum absolute atomic E-state index is 0. The summed E-state index contributed by atoms with van der Waals surface area (Å²) >= 11 is 1.20. The van der Waals surface area contributed by atoms with Gasteiger partial charge in [0.2, 0.25) is 0 Å². The lowest BCUT2D eigenvalue weighted by atomic mass is 9.99. The van der Waals surface area contributed by atoms with Gasteiger partial charge >= 0.3 is 0 Å². The summed E-state index contributed by atoms with van der Waals surface area (Å²) in [4.78, 5) is 0. The molecule has 1 aliphatic heterocycles. The molecule has 0 aliphatic carbocycles. The van der Waals surface area contributed by atoms with E-state index in [1.807, 2.05) is 0 Å². The third kappa shape index (κ3) is 3.41. The van der Waals surface area contributed by atoms with Gasteiger partial charge in [-0.25, -0.2) is 8.42 Å². The highest BCUT2D eigenvalue weighted by molar-refractivity contribution is 7.91. The van der Waals surface area contributed by atoms with Crippen molar-refractivity contribution in [1.29, 1.82) is 0 Å². The van der Waals surface area contributed by atoms with E-state index in [2.05, 4.69) is 0 Å². The van der Waals surface area contributed by atoms with Gasteiger partial charge in [0.1, 0.15) is 5.75 Å². The number of methoxy groups -OCH3 is 1. The van der Waals surface area contributed by atoms with Crippen LogP contribution in [0.4, 0.5) is 0 Å². The van der Waals surface area contributed by atoms with Crippen molar-refractivity contribution >= 4 is 33.8 Å². The fourth-order valence-electron chi connectivity index (χ4n) is 2.13. The molecule has 1 aromatic heterocycles. The minimum Gasteiger partial charge on any atom is -0.494 e. The largest absolute Gasteiger partial charge is 0.494 e. The first-order valence-electron chi connectivity index (χ1n) is 5.91. The van der Waals surface area contributed by atoms with E-state index < -0.39 is 10.0 Å². The molecule has 0 atom stereocenters. The first-order chi connectivity index (χ1) is 8.59. The first kappa shape index (κ1) is 16.7. The van der Waals surface area contributed by atoms with E-state index >= 15 is 0 Å². The van der Waals surface area contributed by atoms with Crippen molar-refractivity contribution < 1.29 is 13.2 Å². The summed E-state index contributed by atoms with van der Waals surface area (Å²) in [5, 5.41) is 1.73. The molecule has 8 heteroatoms. The highest BCUT2D eigenvalue weighted by atomic mass is 35.5. The van der Waals surface area contributed by atoms with Crippen molar-refractivity contribution in [3.8, 4) is 5.75 Å². The maximum atomic E-state index is 12.4. The number of rotatable bonds is 4. The SMILES string of the molecule is COc1ccsc1S(=O)(=O)N1CCC(CN)CC1.Cl. The zero-order valence-corrected chi connectivity index (χ0v) is 13.2. The van der Waals surface area contributed by atoms with Gasteiger partial charge in [-0.05, 0) is 36.8 Å². The Kier molecular flexibility index (Phi) is 6.07. The molecule has 1 saturated heterocycles. The Hall–Kier alpha value is -0.340. The van der Waals surface area contributed by atoms with Gasteiger partial charge < -0.3 is 10.5 Å². The predicted octanol–water partition coefficient (Wildman–Crippen LogP) is 1.54. The maximum absolute atomic E-state index is 12.4. The summed E-state index contributed by atoms with van der Waals surface area (Å²) < 4.78 is 31.8. The molecule has 0 amide bonds. The van der Waals surface area contributed by atoms with Crippen LogP contribution in [0.15, 0.2) is 15.7 Å². The van der Waals surface area contributed by atoms with Gasteiger partial charge in [-0.2, -0.15) is 4.31 Å². The van der Waals surface area contributed by atoms with Crippen LogP contribution in [-0.2, 0) is 10.0 Å². The standard InChI is InChI=1S/C11H18N2O3S2.ClH/c1-16-10-4-7-17-11(10)18(14,15)13-5-2-9(8-12)3-6-13;/h4,7,9H,2-3,5-6,8,12H2,1H3;1H. The van der Waals surface area contributed by atoms with Crippen LogP contribution in [0, 0.1) is 5.92 Å². The topological polar surface area (TPSA) is 72.6 Å². The van der Waals surface area contributed by atoms with Crippen molar-refractivity contribution in [3.63, 3.8) is 0 Å². The minimum atomic E-state index is -3.41. The Morgan fingerprint density at radius 3 is 2.63 bits per heavy atom. The van der Waals surface area contributed by atoms with E-state index in [-0.39, 0.29) is 12.4 Å². The van der Waals surface area contributed by atoms with Gasteiger partial charge in [-0.1, -0.05) is 0 Å². The molecule has 110 valence electrons. The quantitative estimate of drug-likeness (QED) is 0.911. The highest BCUT2D eigenvalue weighted by Gasteiger charge is 2.31. The van der Waals surface area contributed by atoms with Gasteiger partial charge in [-0.3, -0.25) is 0 Å². The Bertz CT molecular complexity index is 496. The van der Waals surface area contributed by atoms with Crippen molar-refractivity contribution in [2.24, 2.45) is 11.7 Å². The second kappa shape index (κ2) is 6.90. The molecule has 0 saturated carbocycles. The average Bonchev–Trinajstić information content (AvgIpc) is 2.88. The number of halogens is 1. The summed E-state index contributed by atoms with van der Waals surface area (Å²) in [5.41, 5.74) is 5.61. The van der Waals surface area contributed by atoms with Crippen LogP contribution in [0.1, 0.15) is 12.8 Å². The molecular formula is C11H19ClN2O3S2. The van der Waals surface area contributed by atoms with Gasteiger partial charge in [0, 0.05) is 13.1 Å². The Morgan fingerprint density at radius 2 is 2.11 bits per heavy atom. The van der Waals surface area contributed by atoms with E-state index in [4.69, 9.17) is 10.5 Å². The number of sulfonamides is 1. The molecule has 0 bridgehead atoms. The van der Waals surface area contributed by atoms with E-state index in [1.54, 1.807) is 11.4 Å². The third-order valence-electron chi connectivity index (χ3n) is 3.30. The van der Waals surface area contributed by atoms with Crippen molar-refractivity contribution in [2.75, 3.05) is 26.7 Å². The van der Waals surface area contributed by atoms with Crippen molar-refractivity contribution in [3.05, 3.63) is 11.4 Å². The van der Waals surface area contributed by atoms with Crippen LogP contribution >= 0.6 is 23.7 Å². The Balaban J connectivity index is 0.00000180. The Morgan fingerprint density at radius 1 is 1.47 bits per heavy atom. The van der Waals surface area contributed by atoms with Crippen molar-refractivity contribution in [2.45, 2.75) is 17.1 Å². The third-order valence-corrected chi connectivity index (χ3v) is 6.62. The van der Waals surface area contributed by atoms with Gasteiger partial charge in [0.15, 0.2) is 4.21 Å². The van der Waals surface area contributed by atoms with Crippen LogP contribution in [0.5, 0.6) is 5.75 Å². The smallest absolute Gasteiger partial charge is 0.256 e. The molecule has 0 unspecified atom stereocenters. The second-order valence-electron chi connectivity index (χ2n) is 4.36. The number of hydrogen-bond donors (Lipinski definition) is 1.